The average Bonchev–Trinajstić information content (AvgIpc) is 2.54. The van der Waals surface area contributed by atoms with Crippen LogP contribution in [0.25, 0.3) is 0 Å². The summed E-state index contributed by atoms with van der Waals surface area (Å²) >= 11 is 0. The molecule has 2 rings (SSSR count). The number of rotatable bonds is 5. The van der Waals surface area contributed by atoms with Crippen molar-refractivity contribution in [3.8, 4) is 11.8 Å². The first-order valence-electron chi connectivity index (χ1n) is 7.03. The fourth-order valence-electron chi connectivity index (χ4n) is 1.89. The first-order chi connectivity index (χ1) is 11.1. The van der Waals surface area contributed by atoms with E-state index >= 15 is 0 Å². The molecule has 0 aliphatic heterocycles. The van der Waals surface area contributed by atoms with Crippen molar-refractivity contribution in [1.29, 1.82) is 5.41 Å². The topological polar surface area (TPSA) is 134 Å². The number of hydrogen-bond acceptors (Lipinski definition) is 7. The van der Waals surface area contributed by atoms with Gasteiger partial charge < -0.3 is 27.3 Å². The Morgan fingerprint density at radius 1 is 1.35 bits per heavy atom. The predicted octanol–water partition coefficient (Wildman–Crippen LogP) is 1.51. The molecule has 7 heteroatoms. The zero-order valence-corrected chi connectivity index (χ0v) is 12.5. The van der Waals surface area contributed by atoms with Crippen LogP contribution in [0.3, 0.4) is 0 Å². The molecule has 0 atom stereocenters. The number of aliphatic hydroxyl groups is 1. The Hall–Kier alpha value is -3.11. The molecule has 1 aromatic carbocycles. The highest BCUT2D eigenvalue weighted by Gasteiger charge is 2.06. The second-order valence-electron chi connectivity index (χ2n) is 4.73. The highest BCUT2D eigenvalue weighted by Crippen LogP contribution is 2.24. The lowest BCUT2D eigenvalue weighted by Gasteiger charge is -2.10. The minimum Gasteiger partial charge on any atom is -0.397 e. The fraction of sp³-hybridized carbons (Fsp3) is 0.188. The number of nitrogens with two attached hydrogens (primary N) is 2. The zero-order chi connectivity index (χ0) is 16.7. The van der Waals surface area contributed by atoms with Crippen LogP contribution < -0.4 is 16.8 Å². The fourth-order valence-corrected chi connectivity index (χ4v) is 1.89. The molecule has 0 saturated heterocycles. The number of nitrogen functional groups attached to an aromatic ring is 2. The van der Waals surface area contributed by atoms with Crippen molar-refractivity contribution < 1.29 is 5.11 Å². The number of hydrogen-bond donors (Lipinski definition) is 5. The molecule has 0 aliphatic carbocycles. The Kier molecular flexibility index (Phi) is 5.50. The van der Waals surface area contributed by atoms with Crippen molar-refractivity contribution in [2.24, 2.45) is 0 Å². The standard InChI is InChI=1S/C16H18N6O/c17-10-12-9-13(21-14-5-6-20-16(19)22-14)8-11(15(12)18)4-2-1-3-7-23/h5-6,8-10,17,23H,1,3,7,18H2,(H3,19,20,21,22). The van der Waals surface area contributed by atoms with Crippen LogP contribution in [0.5, 0.6) is 0 Å². The quantitative estimate of drug-likeness (QED) is 0.246. The molecule has 0 unspecified atom stereocenters. The van der Waals surface area contributed by atoms with Crippen LogP contribution in [-0.4, -0.2) is 27.9 Å². The molecule has 1 aromatic heterocycles. The summed E-state index contributed by atoms with van der Waals surface area (Å²) in [5, 5.41) is 19.3. The molecule has 0 radical (unpaired) electrons. The van der Waals surface area contributed by atoms with Crippen molar-refractivity contribution in [2.75, 3.05) is 23.4 Å². The van der Waals surface area contributed by atoms with Gasteiger partial charge in [0, 0.05) is 36.7 Å². The molecule has 0 fully saturated rings. The number of benzene rings is 1. The monoisotopic (exact) mass is 310 g/mol. The lowest BCUT2D eigenvalue weighted by atomic mass is 10.1. The van der Waals surface area contributed by atoms with Gasteiger partial charge in [0.15, 0.2) is 0 Å². The molecule has 23 heavy (non-hydrogen) atoms. The Bertz CT molecular complexity index is 763. The van der Waals surface area contributed by atoms with E-state index in [1.807, 2.05) is 0 Å². The van der Waals surface area contributed by atoms with Crippen LogP contribution in [-0.2, 0) is 0 Å². The number of nitrogens with one attached hydrogen (secondary N) is 2. The predicted molar refractivity (Wildman–Crippen MR) is 91.7 cm³/mol. The highest BCUT2D eigenvalue weighted by atomic mass is 16.2. The third-order valence-electron chi connectivity index (χ3n) is 3.00. The third kappa shape index (κ3) is 4.43. The van der Waals surface area contributed by atoms with Crippen LogP contribution in [0.1, 0.15) is 24.0 Å². The second kappa shape index (κ2) is 7.77. The van der Waals surface area contributed by atoms with Crippen molar-refractivity contribution in [3.05, 3.63) is 35.5 Å². The summed E-state index contributed by atoms with van der Waals surface area (Å²) in [7, 11) is 0. The van der Waals surface area contributed by atoms with E-state index in [1.54, 1.807) is 24.4 Å². The van der Waals surface area contributed by atoms with Gasteiger partial charge in [0.05, 0.1) is 11.3 Å². The van der Waals surface area contributed by atoms with Gasteiger partial charge >= 0.3 is 0 Å². The summed E-state index contributed by atoms with van der Waals surface area (Å²) in [4.78, 5) is 7.90. The first-order valence-corrected chi connectivity index (χ1v) is 7.03. The van der Waals surface area contributed by atoms with E-state index in [2.05, 4.69) is 27.1 Å². The van der Waals surface area contributed by atoms with Gasteiger partial charge in [0.25, 0.3) is 0 Å². The molecular weight excluding hydrogens is 292 g/mol. The van der Waals surface area contributed by atoms with E-state index in [0.717, 1.165) is 0 Å². The van der Waals surface area contributed by atoms with Crippen LogP contribution in [0.15, 0.2) is 24.4 Å². The SMILES string of the molecule is N=Cc1cc(Nc2ccnc(N)n2)cc(C#CCCCO)c1N. The summed E-state index contributed by atoms with van der Waals surface area (Å²) in [5.41, 5.74) is 13.9. The molecule has 0 amide bonds. The van der Waals surface area contributed by atoms with Gasteiger partial charge in [-0.05, 0) is 24.6 Å². The molecule has 0 bridgehead atoms. The van der Waals surface area contributed by atoms with Crippen LogP contribution in [0, 0.1) is 17.3 Å². The zero-order valence-electron chi connectivity index (χ0n) is 12.5. The van der Waals surface area contributed by atoms with E-state index < -0.39 is 0 Å². The van der Waals surface area contributed by atoms with Crippen LogP contribution in [0.2, 0.25) is 0 Å². The number of aliphatic hydroxyl groups excluding tert-OH is 1. The maximum absolute atomic E-state index is 8.78. The summed E-state index contributed by atoms with van der Waals surface area (Å²) in [5.74, 6) is 6.64. The van der Waals surface area contributed by atoms with Crippen LogP contribution >= 0.6 is 0 Å². The Morgan fingerprint density at radius 2 is 2.17 bits per heavy atom. The lowest BCUT2D eigenvalue weighted by molar-refractivity contribution is 0.290. The molecule has 0 saturated carbocycles. The number of unbranched alkanes of at least 4 members (excludes halogenated alkanes) is 1. The van der Waals surface area contributed by atoms with Gasteiger partial charge in [0.2, 0.25) is 5.95 Å². The molecule has 2 aromatic rings. The summed E-state index contributed by atoms with van der Waals surface area (Å²) in [6, 6.07) is 5.20. The average molecular weight is 310 g/mol. The van der Waals surface area contributed by atoms with Crippen molar-refractivity contribution >= 4 is 29.4 Å². The van der Waals surface area contributed by atoms with Crippen molar-refractivity contribution in [3.63, 3.8) is 0 Å². The summed E-state index contributed by atoms with van der Waals surface area (Å²) < 4.78 is 0. The van der Waals surface area contributed by atoms with Crippen molar-refractivity contribution in [2.45, 2.75) is 12.8 Å². The molecule has 1 heterocycles. The number of nitrogens with zero attached hydrogens (tertiary/aromatic N) is 2. The van der Waals surface area contributed by atoms with Gasteiger partial charge in [-0.3, -0.25) is 0 Å². The van der Waals surface area contributed by atoms with E-state index in [4.69, 9.17) is 22.0 Å². The molecule has 0 aliphatic rings. The smallest absolute Gasteiger partial charge is 0.221 e. The van der Waals surface area contributed by atoms with Crippen LogP contribution in [0.4, 0.5) is 23.1 Å². The van der Waals surface area contributed by atoms with E-state index in [0.29, 0.717) is 41.2 Å². The largest absolute Gasteiger partial charge is 0.397 e. The molecule has 7 nitrogen and oxygen atoms in total. The molecule has 0 spiro atoms. The second-order valence-corrected chi connectivity index (χ2v) is 4.73. The normalized spacial score (nSPS) is 9.78. The van der Waals surface area contributed by atoms with Gasteiger partial charge in [-0.1, -0.05) is 11.8 Å². The minimum absolute atomic E-state index is 0.104. The highest BCUT2D eigenvalue weighted by molar-refractivity contribution is 5.89. The Labute approximate surface area is 134 Å². The van der Waals surface area contributed by atoms with E-state index in [9.17, 15) is 0 Å². The maximum Gasteiger partial charge on any atom is 0.221 e. The molecule has 7 N–H and O–H groups in total. The van der Waals surface area contributed by atoms with E-state index in [-0.39, 0.29) is 12.6 Å². The third-order valence-corrected chi connectivity index (χ3v) is 3.00. The molecular formula is C16H18N6O. The number of anilines is 4. The maximum atomic E-state index is 8.78. The Morgan fingerprint density at radius 3 is 2.87 bits per heavy atom. The Balaban J connectivity index is 2.32. The lowest BCUT2D eigenvalue weighted by Crippen LogP contribution is -2.02. The van der Waals surface area contributed by atoms with Gasteiger partial charge in [0.1, 0.15) is 5.82 Å². The van der Waals surface area contributed by atoms with E-state index in [1.165, 1.54) is 6.21 Å². The molecule has 118 valence electrons. The minimum atomic E-state index is 0.104. The first kappa shape index (κ1) is 16.3. The van der Waals surface area contributed by atoms with Crippen molar-refractivity contribution in [1.82, 2.24) is 9.97 Å². The van der Waals surface area contributed by atoms with Gasteiger partial charge in [-0.25, -0.2) is 4.98 Å². The summed E-state index contributed by atoms with van der Waals surface area (Å²) in [6.07, 6.45) is 3.92. The van der Waals surface area contributed by atoms with Gasteiger partial charge in [-0.15, -0.1) is 0 Å². The number of aromatic nitrogens is 2. The van der Waals surface area contributed by atoms with Gasteiger partial charge in [-0.2, -0.15) is 4.98 Å². The summed E-state index contributed by atoms with van der Waals surface area (Å²) in [6.45, 7) is 0.104.